The Hall–Kier alpha value is -2.31. The fourth-order valence-corrected chi connectivity index (χ4v) is 6.12. The molecule has 0 bridgehead atoms. The number of hydrogen-bond donors (Lipinski definition) is 1. The summed E-state index contributed by atoms with van der Waals surface area (Å²) in [6, 6.07) is 14.4. The molecule has 2 aromatic rings. The topological polar surface area (TPSA) is 62.1 Å². The maximum absolute atomic E-state index is 12.5. The first-order chi connectivity index (χ1) is 16.7. The number of aliphatic imine (C=N–C) groups is 1. The summed E-state index contributed by atoms with van der Waals surface area (Å²) >= 11 is 1.58. The van der Waals surface area contributed by atoms with Crippen molar-refractivity contribution in [2.75, 3.05) is 26.3 Å². The number of nitrogens with zero attached hydrogens (tertiary/aromatic N) is 2. The number of aromatic hydroxyl groups is 1. The summed E-state index contributed by atoms with van der Waals surface area (Å²) in [6.07, 6.45) is 6.76. The van der Waals surface area contributed by atoms with Crippen molar-refractivity contribution in [1.29, 1.82) is 0 Å². The first-order valence-corrected chi connectivity index (χ1v) is 13.6. The minimum absolute atomic E-state index is 0.0360. The van der Waals surface area contributed by atoms with E-state index in [9.17, 15) is 9.90 Å². The smallest absolute Gasteiger partial charge is 0.262 e. The first kappa shape index (κ1) is 24.8. The molecule has 0 radical (unpaired) electrons. The van der Waals surface area contributed by atoms with Gasteiger partial charge in [0.25, 0.3) is 5.91 Å². The summed E-state index contributed by atoms with van der Waals surface area (Å²) in [5, 5.41) is 11.2. The van der Waals surface area contributed by atoms with Gasteiger partial charge in [0.1, 0.15) is 5.75 Å². The number of benzene rings is 2. The average molecular weight is 481 g/mol. The molecule has 1 unspecified atom stereocenters. The van der Waals surface area contributed by atoms with Gasteiger partial charge in [-0.25, -0.2) is 0 Å². The average Bonchev–Trinajstić information content (AvgIpc) is 3.26. The number of hydrogen-bond acceptors (Lipinski definition) is 5. The molecule has 1 saturated heterocycles. The summed E-state index contributed by atoms with van der Waals surface area (Å²) in [6.45, 7) is 6.98. The van der Waals surface area contributed by atoms with Crippen LogP contribution in [0.4, 0.5) is 0 Å². The van der Waals surface area contributed by atoms with Gasteiger partial charge in [-0.3, -0.25) is 4.79 Å². The second-order valence-electron chi connectivity index (χ2n) is 8.95. The lowest BCUT2D eigenvalue weighted by Gasteiger charge is -2.27. The Morgan fingerprint density at radius 1 is 1.03 bits per heavy atom. The third kappa shape index (κ3) is 5.84. The standard InChI is InChI=1S/C26H30N2O3S.C2H6/c29-23-10-9-21(17-22(23)19-6-2-1-3-7-19)20-8-4-5-18(15-20)16-24-25(30)27-26(32-24)28-11-13-31-14-12-28;1-2/h4-5,8-10,15,17,19,24,29H,1-3,6-7,11-14,16H2;1-2H3. The summed E-state index contributed by atoms with van der Waals surface area (Å²) in [7, 11) is 0. The maximum atomic E-state index is 12.5. The fourth-order valence-electron chi connectivity index (χ4n) is 4.97. The number of rotatable bonds is 4. The van der Waals surface area contributed by atoms with Crippen molar-refractivity contribution in [3.05, 3.63) is 53.6 Å². The van der Waals surface area contributed by atoms with Crippen molar-refractivity contribution in [3.8, 4) is 16.9 Å². The highest BCUT2D eigenvalue weighted by Crippen LogP contribution is 2.39. The number of morpholine rings is 1. The van der Waals surface area contributed by atoms with E-state index in [1.165, 1.54) is 19.3 Å². The molecular formula is C28H36N2O3S. The first-order valence-electron chi connectivity index (χ1n) is 12.7. The second kappa shape index (κ2) is 11.9. The van der Waals surface area contributed by atoms with Crippen molar-refractivity contribution in [1.82, 2.24) is 4.90 Å². The Balaban J connectivity index is 0.00000133. The van der Waals surface area contributed by atoms with Crippen molar-refractivity contribution < 1.29 is 14.6 Å². The Labute approximate surface area is 207 Å². The van der Waals surface area contributed by atoms with Crippen LogP contribution >= 0.6 is 11.8 Å². The molecule has 0 spiro atoms. The van der Waals surface area contributed by atoms with Gasteiger partial charge < -0.3 is 14.7 Å². The zero-order chi connectivity index (χ0) is 23.9. The van der Waals surface area contributed by atoms with Crippen LogP contribution in [-0.2, 0) is 16.0 Å². The molecule has 1 atom stereocenters. The second-order valence-corrected chi connectivity index (χ2v) is 10.1. The molecule has 1 saturated carbocycles. The van der Waals surface area contributed by atoms with Crippen LogP contribution in [0.25, 0.3) is 11.1 Å². The minimum Gasteiger partial charge on any atom is -0.508 e. The van der Waals surface area contributed by atoms with E-state index in [0.717, 1.165) is 53.4 Å². The molecule has 5 rings (SSSR count). The van der Waals surface area contributed by atoms with E-state index in [1.807, 2.05) is 26.0 Å². The van der Waals surface area contributed by atoms with Crippen LogP contribution in [0.3, 0.4) is 0 Å². The van der Waals surface area contributed by atoms with Gasteiger partial charge in [-0.2, -0.15) is 4.99 Å². The van der Waals surface area contributed by atoms with E-state index in [0.29, 0.717) is 31.3 Å². The van der Waals surface area contributed by atoms with Crippen LogP contribution in [0, 0.1) is 0 Å². The zero-order valence-corrected chi connectivity index (χ0v) is 21.2. The van der Waals surface area contributed by atoms with E-state index in [4.69, 9.17) is 4.74 Å². The van der Waals surface area contributed by atoms with Crippen molar-refractivity contribution in [2.45, 2.75) is 63.5 Å². The number of amides is 1. The molecule has 3 aliphatic rings. The molecule has 2 aliphatic heterocycles. The molecule has 182 valence electrons. The van der Waals surface area contributed by atoms with Gasteiger partial charge >= 0.3 is 0 Å². The van der Waals surface area contributed by atoms with E-state index in [2.05, 4.69) is 40.2 Å². The van der Waals surface area contributed by atoms with Crippen LogP contribution in [-0.4, -0.2) is 52.6 Å². The predicted octanol–water partition coefficient (Wildman–Crippen LogP) is 6.01. The minimum atomic E-state index is -0.166. The highest BCUT2D eigenvalue weighted by Gasteiger charge is 2.32. The normalized spacial score (nSPS) is 21.1. The summed E-state index contributed by atoms with van der Waals surface area (Å²) in [5.74, 6) is 0.832. The third-order valence-electron chi connectivity index (χ3n) is 6.76. The zero-order valence-electron chi connectivity index (χ0n) is 20.3. The lowest BCUT2D eigenvalue weighted by atomic mass is 9.82. The Kier molecular flexibility index (Phi) is 8.68. The lowest BCUT2D eigenvalue weighted by Crippen LogP contribution is -2.39. The molecule has 1 N–H and O–H groups in total. The molecule has 5 nitrogen and oxygen atoms in total. The number of thioether (sulfide) groups is 1. The molecule has 1 amide bonds. The molecule has 0 aromatic heterocycles. The maximum Gasteiger partial charge on any atom is 0.262 e. The number of carbonyl (C=O) groups excluding carboxylic acids is 1. The van der Waals surface area contributed by atoms with Crippen LogP contribution < -0.4 is 0 Å². The summed E-state index contributed by atoms with van der Waals surface area (Å²) in [4.78, 5) is 19.0. The van der Waals surface area contributed by atoms with Gasteiger partial charge in [0.05, 0.1) is 18.5 Å². The van der Waals surface area contributed by atoms with E-state index in [-0.39, 0.29) is 11.2 Å². The fraction of sp³-hybridized carbons (Fsp3) is 0.500. The molecule has 34 heavy (non-hydrogen) atoms. The van der Waals surface area contributed by atoms with Gasteiger partial charge in [0, 0.05) is 13.1 Å². The molecule has 2 heterocycles. The van der Waals surface area contributed by atoms with Crippen molar-refractivity contribution in [3.63, 3.8) is 0 Å². The predicted molar refractivity (Wildman–Crippen MR) is 141 cm³/mol. The van der Waals surface area contributed by atoms with Crippen LogP contribution in [0.1, 0.15) is 63.0 Å². The van der Waals surface area contributed by atoms with Gasteiger partial charge in [-0.1, -0.05) is 75.2 Å². The van der Waals surface area contributed by atoms with Crippen LogP contribution in [0.2, 0.25) is 0 Å². The number of phenols is 1. The number of carbonyl (C=O) groups is 1. The number of amidine groups is 1. The highest BCUT2D eigenvalue weighted by molar-refractivity contribution is 8.15. The van der Waals surface area contributed by atoms with Crippen molar-refractivity contribution >= 4 is 22.8 Å². The van der Waals surface area contributed by atoms with Crippen LogP contribution in [0.15, 0.2) is 47.5 Å². The number of phenolic OH excluding ortho intramolecular Hbond substituents is 1. The van der Waals surface area contributed by atoms with E-state index >= 15 is 0 Å². The Bertz CT molecular complexity index is 1010. The molecular weight excluding hydrogens is 444 g/mol. The van der Waals surface area contributed by atoms with Gasteiger partial charge in [-0.05, 0) is 59.6 Å². The summed E-state index contributed by atoms with van der Waals surface area (Å²) < 4.78 is 5.41. The van der Waals surface area contributed by atoms with E-state index < -0.39 is 0 Å². The van der Waals surface area contributed by atoms with Gasteiger partial charge in [0.15, 0.2) is 5.17 Å². The van der Waals surface area contributed by atoms with Crippen molar-refractivity contribution in [2.24, 2.45) is 4.99 Å². The lowest BCUT2D eigenvalue weighted by molar-refractivity contribution is -0.117. The van der Waals surface area contributed by atoms with Crippen LogP contribution in [0.5, 0.6) is 5.75 Å². The third-order valence-corrected chi connectivity index (χ3v) is 7.98. The van der Waals surface area contributed by atoms with E-state index in [1.54, 1.807) is 11.8 Å². The quantitative estimate of drug-likeness (QED) is 0.581. The molecule has 2 fully saturated rings. The largest absolute Gasteiger partial charge is 0.508 e. The summed E-state index contributed by atoms with van der Waals surface area (Å²) in [5.41, 5.74) is 4.47. The Morgan fingerprint density at radius 2 is 1.76 bits per heavy atom. The number of ether oxygens (including phenoxy) is 1. The molecule has 2 aromatic carbocycles. The molecule has 6 heteroatoms. The monoisotopic (exact) mass is 480 g/mol. The molecule has 1 aliphatic carbocycles. The van der Waals surface area contributed by atoms with Gasteiger partial charge in [0.2, 0.25) is 0 Å². The highest BCUT2D eigenvalue weighted by atomic mass is 32.2. The SMILES string of the molecule is CC.O=C1N=C(N2CCOCC2)SC1Cc1cccc(-c2ccc(O)c(C3CCCCC3)c2)c1. The Morgan fingerprint density at radius 3 is 2.53 bits per heavy atom. The van der Waals surface area contributed by atoms with Gasteiger partial charge in [-0.15, -0.1) is 0 Å².